The van der Waals surface area contributed by atoms with Gasteiger partial charge in [-0.25, -0.2) is 4.98 Å². The highest BCUT2D eigenvalue weighted by molar-refractivity contribution is 5.38. The summed E-state index contributed by atoms with van der Waals surface area (Å²) in [5.74, 6) is 2.03. The SMILES string of the molecule is COc1cc(NCCCOCCN)nc(C)n1. The molecule has 0 aliphatic carbocycles. The number of hydrogen-bond donors (Lipinski definition) is 2. The Hall–Kier alpha value is -1.40. The summed E-state index contributed by atoms with van der Waals surface area (Å²) in [5.41, 5.74) is 5.31. The normalized spacial score (nSPS) is 10.3. The van der Waals surface area contributed by atoms with E-state index in [0.717, 1.165) is 18.8 Å². The first-order valence-electron chi connectivity index (χ1n) is 5.67. The molecule has 0 atom stereocenters. The molecule has 0 saturated heterocycles. The maximum atomic E-state index is 5.31. The van der Waals surface area contributed by atoms with Crippen LogP contribution in [-0.4, -0.2) is 43.4 Å². The second-order valence-electron chi connectivity index (χ2n) is 3.52. The van der Waals surface area contributed by atoms with Gasteiger partial charge in [-0.05, 0) is 13.3 Å². The molecule has 6 heteroatoms. The van der Waals surface area contributed by atoms with Crippen LogP contribution in [0.3, 0.4) is 0 Å². The van der Waals surface area contributed by atoms with Crippen molar-refractivity contribution in [1.29, 1.82) is 0 Å². The number of nitrogens with one attached hydrogen (secondary N) is 1. The predicted molar refractivity (Wildman–Crippen MR) is 66.3 cm³/mol. The molecule has 0 aliphatic heterocycles. The van der Waals surface area contributed by atoms with Gasteiger partial charge in [0.25, 0.3) is 0 Å². The summed E-state index contributed by atoms with van der Waals surface area (Å²) in [4.78, 5) is 8.36. The molecule has 0 amide bonds. The van der Waals surface area contributed by atoms with Gasteiger partial charge in [-0.1, -0.05) is 0 Å². The summed E-state index contributed by atoms with van der Waals surface area (Å²) in [6.07, 6.45) is 0.908. The van der Waals surface area contributed by atoms with Gasteiger partial charge < -0.3 is 20.5 Å². The average molecular weight is 240 g/mol. The van der Waals surface area contributed by atoms with Gasteiger partial charge >= 0.3 is 0 Å². The molecule has 6 nitrogen and oxygen atoms in total. The summed E-state index contributed by atoms with van der Waals surface area (Å²) in [6.45, 7) is 4.50. The second-order valence-corrected chi connectivity index (χ2v) is 3.52. The van der Waals surface area contributed by atoms with E-state index in [4.69, 9.17) is 15.2 Å². The third-order valence-electron chi connectivity index (χ3n) is 2.06. The Morgan fingerprint density at radius 2 is 2.18 bits per heavy atom. The van der Waals surface area contributed by atoms with Crippen molar-refractivity contribution in [2.24, 2.45) is 5.73 Å². The number of aryl methyl sites for hydroxylation is 1. The van der Waals surface area contributed by atoms with Gasteiger partial charge in [0.15, 0.2) is 0 Å². The zero-order valence-electron chi connectivity index (χ0n) is 10.4. The summed E-state index contributed by atoms with van der Waals surface area (Å²) >= 11 is 0. The van der Waals surface area contributed by atoms with Crippen molar-refractivity contribution >= 4 is 5.82 Å². The molecule has 0 aliphatic rings. The molecule has 0 saturated carbocycles. The van der Waals surface area contributed by atoms with E-state index in [9.17, 15) is 0 Å². The Balaban J connectivity index is 2.28. The third-order valence-corrected chi connectivity index (χ3v) is 2.06. The van der Waals surface area contributed by atoms with Gasteiger partial charge in [-0.3, -0.25) is 0 Å². The molecule has 0 aromatic carbocycles. The first-order valence-corrected chi connectivity index (χ1v) is 5.67. The van der Waals surface area contributed by atoms with Crippen LogP contribution in [0.5, 0.6) is 5.88 Å². The lowest BCUT2D eigenvalue weighted by molar-refractivity contribution is 0.141. The molecule has 96 valence electrons. The molecule has 1 aromatic rings. The molecule has 1 rings (SSSR count). The van der Waals surface area contributed by atoms with Crippen LogP contribution in [0.2, 0.25) is 0 Å². The number of methoxy groups -OCH3 is 1. The average Bonchev–Trinajstić information content (AvgIpc) is 2.33. The van der Waals surface area contributed by atoms with Crippen molar-refractivity contribution in [2.75, 3.05) is 38.7 Å². The van der Waals surface area contributed by atoms with Gasteiger partial charge in [-0.2, -0.15) is 4.98 Å². The maximum Gasteiger partial charge on any atom is 0.218 e. The van der Waals surface area contributed by atoms with Crippen LogP contribution in [-0.2, 0) is 4.74 Å². The number of nitrogens with zero attached hydrogens (tertiary/aromatic N) is 2. The number of rotatable bonds is 8. The number of hydrogen-bond acceptors (Lipinski definition) is 6. The van der Waals surface area contributed by atoms with E-state index in [-0.39, 0.29) is 0 Å². The lowest BCUT2D eigenvalue weighted by Gasteiger charge is -2.08. The first kappa shape index (κ1) is 13.7. The lowest BCUT2D eigenvalue weighted by atomic mass is 10.4. The largest absolute Gasteiger partial charge is 0.481 e. The van der Waals surface area contributed by atoms with E-state index >= 15 is 0 Å². The number of ether oxygens (including phenoxy) is 2. The van der Waals surface area contributed by atoms with E-state index in [1.54, 1.807) is 13.2 Å². The van der Waals surface area contributed by atoms with Gasteiger partial charge in [0.2, 0.25) is 5.88 Å². The molecule has 0 fully saturated rings. The van der Waals surface area contributed by atoms with Gasteiger partial charge in [0, 0.05) is 25.8 Å². The fourth-order valence-corrected chi connectivity index (χ4v) is 1.31. The zero-order chi connectivity index (χ0) is 12.5. The summed E-state index contributed by atoms with van der Waals surface area (Å²) in [5, 5.41) is 3.19. The van der Waals surface area contributed by atoms with Crippen molar-refractivity contribution in [1.82, 2.24) is 9.97 Å². The van der Waals surface area contributed by atoms with Crippen LogP contribution in [0.15, 0.2) is 6.07 Å². The lowest BCUT2D eigenvalue weighted by Crippen LogP contribution is -2.12. The van der Waals surface area contributed by atoms with Crippen LogP contribution < -0.4 is 15.8 Å². The van der Waals surface area contributed by atoms with Gasteiger partial charge in [-0.15, -0.1) is 0 Å². The van der Waals surface area contributed by atoms with Crippen molar-refractivity contribution in [3.8, 4) is 5.88 Å². The van der Waals surface area contributed by atoms with Crippen LogP contribution in [0, 0.1) is 6.92 Å². The number of aromatic nitrogens is 2. The Morgan fingerprint density at radius 1 is 1.35 bits per heavy atom. The van der Waals surface area contributed by atoms with Crippen molar-refractivity contribution < 1.29 is 9.47 Å². The zero-order valence-corrected chi connectivity index (χ0v) is 10.4. The molecule has 0 radical (unpaired) electrons. The summed E-state index contributed by atoms with van der Waals surface area (Å²) < 4.78 is 10.3. The Labute approximate surface area is 102 Å². The standard InChI is InChI=1S/C11H20N4O2/c1-9-14-10(8-11(15-9)16-2)13-5-3-6-17-7-4-12/h8H,3-7,12H2,1-2H3,(H,13,14,15). The molecule has 3 N–H and O–H groups in total. The van der Waals surface area contributed by atoms with E-state index in [1.807, 2.05) is 6.92 Å². The maximum absolute atomic E-state index is 5.31. The van der Waals surface area contributed by atoms with Crippen LogP contribution >= 0.6 is 0 Å². The Morgan fingerprint density at radius 3 is 2.88 bits per heavy atom. The first-order chi connectivity index (χ1) is 8.26. The van der Waals surface area contributed by atoms with E-state index < -0.39 is 0 Å². The van der Waals surface area contributed by atoms with Crippen molar-refractivity contribution in [3.63, 3.8) is 0 Å². The molecule has 1 heterocycles. The Kier molecular flexibility index (Phi) is 6.27. The molecule has 0 bridgehead atoms. The highest BCUT2D eigenvalue weighted by atomic mass is 16.5. The monoisotopic (exact) mass is 240 g/mol. The minimum Gasteiger partial charge on any atom is -0.481 e. The third kappa shape index (κ3) is 5.46. The molecule has 17 heavy (non-hydrogen) atoms. The minimum atomic E-state index is 0.565. The van der Waals surface area contributed by atoms with Gasteiger partial charge in [0.05, 0.1) is 13.7 Å². The highest BCUT2D eigenvalue weighted by Crippen LogP contribution is 2.12. The minimum absolute atomic E-state index is 0.565. The molecular formula is C11H20N4O2. The van der Waals surface area contributed by atoms with Crippen molar-refractivity contribution in [3.05, 3.63) is 11.9 Å². The van der Waals surface area contributed by atoms with E-state index in [2.05, 4.69) is 15.3 Å². The Bertz CT molecular complexity index is 333. The van der Waals surface area contributed by atoms with E-state index in [0.29, 0.717) is 31.5 Å². The quantitative estimate of drug-likeness (QED) is 0.646. The second kappa shape index (κ2) is 7.81. The predicted octanol–water partition coefficient (Wildman–Crippen LogP) is 0.571. The summed E-state index contributed by atoms with van der Waals surface area (Å²) in [6, 6.07) is 1.77. The fourth-order valence-electron chi connectivity index (χ4n) is 1.31. The van der Waals surface area contributed by atoms with Crippen LogP contribution in [0.4, 0.5) is 5.82 Å². The number of anilines is 1. The van der Waals surface area contributed by atoms with Crippen LogP contribution in [0.25, 0.3) is 0 Å². The van der Waals surface area contributed by atoms with Crippen molar-refractivity contribution in [2.45, 2.75) is 13.3 Å². The summed E-state index contributed by atoms with van der Waals surface area (Å²) in [7, 11) is 1.59. The number of nitrogens with two attached hydrogens (primary N) is 1. The van der Waals surface area contributed by atoms with E-state index in [1.165, 1.54) is 0 Å². The fraction of sp³-hybridized carbons (Fsp3) is 0.636. The molecule has 0 unspecified atom stereocenters. The molecule has 1 aromatic heterocycles. The molecule has 0 spiro atoms. The molecular weight excluding hydrogens is 220 g/mol. The smallest absolute Gasteiger partial charge is 0.218 e. The highest BCUT2D eigenvalue weighted by Gasteiger charge is 2.00. The van der Waals surface area contributed by atoms with Gasteiger partial charge in [0.1, 0.15) is 11.6 Å². The van der Waals surface area contributed by atoms with Crippen LogP contribution in [0.1, 0.15) is 12.2 Å². The topological polar surface area (TPSA) is 82.3 Å².